The van der Waals surface area contributed by atoms with Crippen LogP contribution in [-0.2, 0) is 10.5 Å². The first kappa shape index (κ1) is 22.2. The van der Waals surface area contributed by atoms with Gasteiger partial charge in [-0.3, -0.25) is 14.9 Å². The number of nitro benzene ring substituents is 1. The summed E-state index contributed by atoms with van der Waals surface area (Å²) in [5.74, 6) is 0.777. The molecule has 30 heavy (non-hydrogen) atoms. The highest BCUT2D eigenvalue weighted by Crippen LogP contribution is 2.31. The Morgan fingerprint density at radius 2 is 2.00 bits per heavy atom. The number of carbonyl (C=O) groups is 1. The molecule has 1 amide bonds. The van der Waals surface area contributed by atoms with Crippen LogP contribution in [0.4, 0.5) is 17.1 Å². The molecule has 1 aliphatic heterocycles. The van der Waals surface area contributed by atoms with Crippen molar-refractivity contribution >= 4 is 46.3 Å². The molecule has 0 atom stereocenters. The number of piperidine rings is 1. The van der Waals surface area contributed by atoms with E-state index >= 15 is 0 Å². The molecule has 1 saturated heterocycles. The molecule has 1 aliphatic rings. The maximum atomic E-state index is 12.3. The van der Waals surface area contributed by atoms with Crippen LogP contribution in [0.5, 0.6) is 5.75 Å². The zero-order valence-corrected chi connectivity index (χ0v) is 18.3. The summed E-state index contributed by atoms with van der Waals surface area (Å²) < 4.78 is 5.00. The lowest BCUT2D eigenvalue weighted by molar-refractivity contribution is -0.385. The van der Waals surface area contributed by atoms with Crippen molar-refractivity contribution in [2.75, 3.05) is 36.2 Å². The molecular formula is C21H24ClN3O4S. The minimum atomic E-state index is -0.475. The average molecular weight is 450 g/mol. The number of amides is 1. The number of hydrogen-bond acceptors (Lipinski definition) is 6. The third kappa shape index (κ3) is 5.79. The number of carbonyl (C=O) groups excluding carboxylic acids is 1. The van der Waals surface area contributed by atoms with Crippen molar-refractivity contribution < 1.29 is 14.5 Å². The number of rotatable bonds is 8. The van der Waals surface area contributed by atoms with E-state index in [2.05, 4.69) is 10.2 Å². The van der Waals surface area contributed by atoms with E-state index in [0.717, 1.165) is 24.3 Å². The van der Waals surface area contributed by atoms with Gasteiger partial charge in [-0.05, 0) is 49.1 Å². The number of anilines is 2. The molecule has 2 aromatic rings. The lowest BCUT2D eigenvalue weighted by Crippen LogP contribution is -2.29. The normalized spacial score (nSPS) is 13.7. The van der Waals surface area contributed by atoms with E-state index in [-0.39, 0.29) is 23.1 Å². The zero-order chi connectivity index (χ0) is 21.5. The second-order valence-electron chi connectivity index (χ2n) is 7.02. The number of methoxy groups -OCH3 is 1. The summed E-state index contributed by atoms with van der Waals surface area (Å²) in [7, 11) is 1.40. The molecule has 0 radical (unpaired) electrons. The van der Waals surface area contributed by atoms with Crippen LogP contribution in [0.15, 0.2) is 36.4 Å². The van der Waals surface area contributed by atoms with Gasteiger partial charge >= 0.3 is 5.69 Å². The average Bonchev–Trinajstić information content (AvgIpc) is 2.74. The van der Waals surface area contributed by atoms with Gasteiger partial charge in [-0.25, -0.2) is 0 Å². The molecule has 9 heteroatoms. The van der Waals surface area contributed by atoms with Crippen LogP contribution >= 0.6 is 23.4 Å². The predicted molar refractivity (Wildman–Crippen MR) is 122 cm³/mol. The molecule has 0 saturated carbocycles. The van der Waals surface area contributed by atoms with Gasteiger partial charge < -0.3 is 15.0 Å². The molecule has 1 heterocycles. The first-order valence-electron chi connectivity index (χ1n) is 9.71. The van der Waals surface area contributed by atoms with E-state index in [0.29, 0.717) is 16.5 Å². The summed E-state index contributed by atoms with van der Waals surface area (Å²) in [6.45, 7) is 2.01. The van der Waals surface area contributed by atoms with Gasteiger partial charge in [0.25, 0.3) is 0 Å². The molecule has 7 nitrogen and oxygen atoms in total. The summed E-state index contributed by atoms with van der Waals surface area (Å²) in [6.07, 6.45) is 3.59. The monoisotopic (exact) mass is 449 g/mol. The molecule has 0 aliphatic carbocycles. The smallest absolute Gasteiger partial charge is 0.311 e. The van der Waals surface area contributed by atoms with Crippen LogP contribution in [0.2, 0.25) is 5.02 Å². The lowest BCUT2D eigenvalue weighted by Gasteiger charge is -2.29. The highest BCUT2D eigenvalue weighted by Gasteiger charge is 2.16. The number of hydrogen-bond donors (Lipinski definition) is 1. The number of halogens is 1. The number of nitrogens with zero attached hydrogens (tertiary/aromatic N) is 2. The van der Waals surface area contributed by atoms with Crippen LogP contribution < -0.4 is 15.0 Å². The minimum Gasteiger partial charge on any atom is -0.490 e. The van der Waals surface area contributed by atoms with Crippen molar-refractivity contribution in [3.8, 4) is 5.75 Å². The number of nitro groups is 1. The fourth-order valence-corrected chi connectivity index (χ4v) is 4.48. The van der Waals surface area contributed by atoms with Crippen LogP contribution in [0.3, 0.4) is 0 Å². The van der Waals surface area contributed by atoms with Crippen LogP contribution in [-0.4, -0.2) is 36.8 Å². The Labute approximate surface area is 184 Å². The molecule has 1 N–H and O–H groups in total. The highest BCUT2D eigenvalue weighted by molar-refractivity contribution is 7.99. The van der Waals surface area contributed by atoms with Crippen LogP contribution in [0.1, 0.15) is 24.8 Å². The number of nitrogens with one attached hydrogen (secondary N) is 1. The topological polar surface area (TPSA) is 84.7 Å². The van der Waals surface area contributed by atoms with Gasteiger partial charge in [-0.1, -0.05) is 17.7 Å². The van der Waals surface area contributed by atoms with Crippen LogP contribution in [0, 0.1) is 10.1 Å². The summed E-state index contributed by atoms with van der Waals surface area (Å²) in [6, 6.07) is 10.4. The van der Waals surface area contributed by atoms with Gasteiger partial charge in [0, 0.05) is 30.6 Å². The van der Waals surface area contributed by atoms with Crippen molar-refractivity contribution in [3.63, 3.8) is 0 Å². The second-order valence-corrected chi connectivity index (χ2v) is 8.41. The van der Waals surface area contributed by atoms with E-state index in [4.69, 9.17) is 16.3 Å². The minimum absolute atomic E-state index is 0.0801. The molecular weight excluding hydrogens is 426 g/mol. The van der Waals surface area contributed by atoms with Crippen molar-refractivity contribution in [1.82, 2.24) is 0 Å². The van der Waals surface area contributed by atoms with E-state index in [9.17, 15) is 14.9 Å². The molecule has 3 rings (SSSR count). The molecule has 0 spiro atoms. The maximum Gasteiger partial charge on any atom is 0.311 e. The van der Waals surface area contributed by atoms with Gasteiger partial charge in [-0.15, -0.1) is 11.8 Å². The zero-order valence-electron chi connectivity index (χ0n) is 16.7. The number of thioether (sulfide) groups is 1. The fourth-order valence-electron chi connectivity index (χ4n) is 3.40. The van der Waals surface area contributed by atoms with E-state index in [1.165, 1.54) is 44.2 Å². The third-order valence-electron chi connectivity index (χ3n) is 4.87. The Balaban J connectivity index is 1.52. The van der Waals surface area contributed by atoms with Gasteiger partial charge in [0.15, 0.2) is 5.75 Å². The maximum absolute atomic E-state index is 12.3. The molecule has 0 aromatic heterocycles. The van der Waals surface area contributed by atoms with E-state index < -0.39 is 4.92 Å². The van der Waals surface area contributed by atoms with Gasteiger partial charge in [-0.2, -0.15) is 0 Å². The molecule has 0 unspecified atom stereocenters. The van der Waals surface area contributed by atoms with Crippen molar-refractivity contribution in [1.29, 1.82) is 0 Å². The quantitative estimate of drug-likeness (QED) is 0.444. The van der Waals surface area contributed by atoms with Gasteiger partial charge in [0.1, 0.15) is 0 Å². The Kier molecular flexibility index (Phi) is 7.81. The number of benzene rings is 2. The summed E-state index contributed by atoms with van der Waals surface area (Å²) in [4.78, 5) is 25.2. The number of ether oxygens (including phenoxy) is 1. The Hall–Kier alpha value is -2.45. The molecule has 1 fully saturated rings. The van der Waals surface area contributed by atoms with Crippen LogP contribution in [0.25, 0.3) is 0 Å². The second kappa shape index (κ2) is 10.5. The first-order chi connectivity index (χ1) is 14.5. The molecule has 0 bridgehead atoms. The largest absolute Gasteiger partial charge is 0.490 e. The standard InChI is InChI=1S/C21H24ClN3O4S/c1-29-20-8-5-15(11-19(20)25(27)28)13-30-14-21(26)23-16-6-7-18(17(22)12-16)24-9-3-2-4-10-24/h5-8,11-12H,2-4,9-10,13-14H2,1H3,(H,23,26). The summed E-state index contributed by atoms with van der Waals surface area (Å²) in [5, 5.41) is 14.6. The van der Waals surface area contributed by atoms with Gasteiger partial charge in [0.2, 0.25) is 5.91 Å². The third-order valence-corrected chi connectivity index (χ3v) is 6.18. The Morgan fingerprint density at radius 3 is 2.67 bits per heavy atom. The van der Waals surface area contributed by atoms with Crippen molar-refractivity contribution in [2.24, 2.45) is 0 Å². The lowest BCUT2D eigenvalue weighted by atomic mass is 10.1. The van der Waals surface area contributed by atoms with Gasteiger partial charge in [0.05, 0.1) is 28.5 Å². The van der Waals surface area contributed by atoms with E-state index in [1.807, 2.05) is 12.1 Å². The highest BCUT2D eigenvalue weighted by atomic mass is 35.5. The molecule has 160 valence electrons. The van der Waals surface area contributed by atoms with E-state index in [1.54, 1.807) is 18.2 Å². The predicted octanol–water partition coefficient (Wildman–Crippen LogP) is 5.12. The Bertz CT molecular complexity index is 919. The van der Waals surface area contributed by atoms with Crippen molar-refractivity contribution in [3.05, 3.63) is 57.1 Å². The fraction of sp³-hybridized carbons (Fsp3) is 0.381. The summed E-state index contributed by atoms with van der Waals surface area (Å²) in [5.41, 5.74) is 2.34. The SMILES string of the molecule is COc1ccc(CSCC(=O)Nc2ccc(N3CCCCC3)c(Cl)c2)cc1[N+](=O)[O-]. The molecule has 2 aromatic carbocycles. The van der Waals surface area contributed by atoms with Crippen molar-refractivity contribution in [2.45, 2.75) is 25.0 Å². The first-order valence-corrected chi connectivity index (χ1v) is 11.2. The Morgan fingerprint density at radius 1 is 1.23 bits per heavy atom. The summed E-state index contributed by atoms with van der Waals surface area (Å²) >= 11 is 7.81.